The number of hydrogen-bond acceptors (Lipinski definition) is 10. The summed E-state index contributed by atoms with van der Waals surface area (Å²) in [6.45, 7) is 5.64. The van der Waals surface area contributed by atoms with Gasteiger partial charge in [0.15, 0.2) is 29.1 Å². The fourth-order valence-electron chi connectivity index (χ4n) is 5.99. The molecule has 2 amide bonds. The van der Waals surface area contributed by atoms with Crippen LogP contribution in [0.5, 0.6) is 5.75 Å². The van der Waals surface area contributed by atoms with E-state index in [0.29, 0.717) is 74.8 Å². The number of ether oxygens (including phenoxy) is 1. The molecule has 16 heteroatoms. The van der Waals surface area contributed by atoms with Gasteiger partial charge in [-0.25, -0.2) is 14.4 Å². The first-order valence-electron chi connectivity index (χ1n) is 15.8. The maximum absolute atomic E-state index is 15.1. The molecule has 6 rings (SSSR count). The van der Waals surface area contributed by atoms with Gasteiger partial charge in [0.25, 0.3) is 18.3 Å². The van der Waals surface area contributed by atoms with Crippen LogP contribution in [0.3, 0.4) is 0 Å². The van der Waals surface area contributed by atoms with Gasteiger partial charge in [-0.3, -0.25) is 18.8 Å². The lowest BCUT2D eigenvalue weighted by atomic mass is 9.90. The van der Waals surface area contributed by atoms with Gasteiger partial charge in [-0.2, -0.15) is 9.65 Å². The molecule has 0 bridgehead atoms. The maximum Gasteiger partial charge on any atom is 0.290 e. The Labute approximate surface area is 285 Å². The predicted molar refractivity (Wildman–Crippen MR) is 177 cm³/mol. The van der Waals surface area contributed by atoms with Gasteiger partial charge in [0.05, 0.1) is 11.9 Å². The number of piperidine rings is 1. The first kappa shape index (κ1) is 35.6. The predicted octanol–water partition coefficient (Wildman–Crippen LogP) is 3.12. The van der Waals surface area contributed by atoms with Crippen molar-refractivity contribution in [2.75, 3.05) is 44.6 Å². The van der Waals surface area contributed by atoms with Crippen LogP contribution in [0.25, 0.3) is 16.9 Å². The summed E-state index contributed by atoms with van der Waals surface area (Å²) in [5.41, 5.74) is 1.14. The number of halogens is 2. The zero-order chi connectivity index (χ0) is 36.0. The Morgan fingerprint density at radius 1 is 1.10 bits per heavy atom. The first-order valence-corrected chi connectivity index (χ1v) is 15.8. The van der Waals surface area contributed by atoms with Crippen molar-refractivity contribution in [2.45, 2.75) is 38.4 Å². The lowest BCUT2D eigenvalue weighted by molar-refractivity contribution is -0.155. The zero-order valence-electron chi connectivity index (χ0n) is 27.4. The lowest BCUT2D eigenvalue weighted by Crippen LogP contribution is -2.59. The quantitative estimate of drug-likeness (QED) is 0.209. The topological polar surface area (TPSA) is 185 Å². The summed E-state index contributed by atoms with van der Waals surface area (Å²) in [6, 6.07) is 9.73. The number of benzene rings is 2. The maximum atomic E-state index is 15.1. The molecule has 0 saturated carbocycles. The molecule has 0 unspecified atom stereocenters. The third-order valence-corrected chi connectivity index (χ3v) is 8.64. The summed E-state index contributed by atoms with van der Waals surface area (Å²) >= 11 is 0. The highest BCUT2D eigenvalue weighted by Crippen LogP contribution is 2.32. The zero-order valence-corrected chi connectivity index (χ0v) is 27.4. The SMILES string of the molecule is Cc1cc(Nc2nccn3c(-c4ccc(O[C@H](C)C#N)c(F)c4F)cnc23)ccc1C(=O)N1CCN(C(=O)C2(O)CCNCC2)CC1.O=CO. The summed E-state index contributed by atoms with van der Waals surface area (Å²) in [5, 5.41) is 33.0. The molecule has 2 aromatic heterocycles. The highest BCUT2D eigenvalue weighted by atomic mass is 19.2. The number of fused-ring (bicyclic) bond motifs is 1. The Morgan fingerprint density at radius 2 is 1.78 bits per heavy atom. The highest BCUT2D eigenvalue weighted by Gasteiger charge is 2.41. The molecule has 4 heterocycles. The minimum atomic E-state index is -1.35. The minimum Gasteiger partial charge on any atom is -0.483 e. The average Bonchev–Trinajstić information content (AvgIpc) is 3.55. The van der Waals surface area contributed by atoms with E-state index in [9.17, 15) is 19.1 Å². The van der Waals surface area contributed by atoms with Gasteiger partial charge >= 0.3 is 0 Å². The summed E-state index contributed by atoms with van der Waals surface area (Å²) in [4.78, 5) is 46.9. The second kappa shape index (κ2) is 15.3. The van der Waals surface area contributed by atoms with Crippen LogP contribution < -0.4 is 15.4 Å². The molecular formula is C34H36F2N8O6. The second-order valence-electron chi connectivity index (χ2n) is 11.9. The number of anilines is 2. The van der Waals surface area contributed by atoms with Crippen LogP contribution in [0.2, 0.25) is 0 Å². The van der Waals surface area contributed by atoms with E-state index in [4.69, 9.17) is 19.9 Å². The van der Waals surface area contributed by atoms with Crippen LogP contribution in [0.4, 0.5) is 20.3 Å². The van der Waals surface area contributed by atoms with Crippen molar-refractivity contribution in [2.24, 2.45) is 0 Å². The average molecular weight is 691 g/mol. The molecule has 0 radical (unpaired) electrons. The monoisotopic (exact) mass is 690 g/mol. The fourth-order valence-corrected chi connectivity index (χ4v) is 5.99. The van der Waals surface area contributed by atoms with Crippen molar-refractivity contribution in [3.63, 3.8) is 0 Å². The number of imidazole rings is 1. The van der Waals surface area contributed by atoms with Crippen LogP contribution in [-0.4, -0.2) is 104 Å². The van der Waals surface area contributed by atoms with Crippen LogP contribution in [0.1, 0.15) is 35.7 Å². The molecular weight excluding hydrogens is 654 g/mol. The number of amides is 2. The third-order valence-electron chi connectivity index (χ3n) is 8.64. The number of piperazine rings is 1. The molecule has 2 aliphatic heterocycles. The first-order chi connectivity index (χ1) is 24.0. The molecule has 262 valence electrons. The van der Waals surface area contributed by atoms with Gasteiger partial charge in [0, 0.05) is 55.4 Å². The summed E-state index contributed by atoms with van der Waals surface area (Å²) in [7, 11) is 0. The van der Waals surface area contributed by atoms with Crippen molar-refractivity contribution >= 4 is 35.4 Å². The fraction of sp³-hybridized carbons (Fsp3) is 0.353. The van der Waals surface area contributed by atoms with Gasteiger partial charge in [-0.05, 0) is 75.7 Å². The summed E-state index contributed by atoms with van der Waals surface area (Å²) in [5.74, 6) is -2.76. The molecule has 50 heavy (non-hydrogen) atoms. The molecule has 4 N–H and O–H groups in total. The number of aryl methyl sites for hydroxylation is 1. The van der Waals surface area contributed by atoms with Crippen LogP contribution in [-0.2, 0) is 9.59 Å². The Bertz CT molecular complexity index is 1930. The highest BCUT2D eigenvalue weighted by molar-refractivity contribution is 5.96. The van der Waals surface area contributed by atoms with Crippen LogP contribution in [0.15, 0.2) is 48.9 Å². The Balaban J connectivity index is 0.00000156. The number of carbonyl (C=O) groups is 3. The number of nitrogens with one attached hydrogen (secondary N) is 2. The number of nitriles is 1. The minimum absolute atomic E-state index is 0.0461. The van der Waals surface area contributed by atoms with Crippen molar-refractivity contribution in [1.82, 2.24) is 29.5 Å². The Morgan fingerprint density at radius 3 is 2.44 bits per heavy atom. The number of nitrogens with zero attached hydrogens (tertiary/aromatic N) is 6. The van der Waals surface area contributed by atoms with Gasteiger partial charge in [-0.15, -0.1) is 0 Å². The molecule has 2 saturated heterocycles. The molecule has 14 nitrogen and oxygen atoms in total. The van der Waals surface area contributed by atoms with Crippen molar-refractivity contribution < 1.29 is 38.1 Å². The van der Waals surface area contributed by atoms with E-state index in [2.05, 4.69) is 20.6 Å². The molecule has 2 aromatic carbocycles. The van der Waals surface area contributed by atoms with E-state index in [1.807, 2.05) is 19.1 Å². The lowest BCUT2D eigenvalue weighted by Gasteiger charge is -2.40. The molecule has 4 aromatic rings. The van der Waals surface area contributed by atoms with Gasteiger partial charge in [0.1, 0.15) is 11.7 Å². The van der Waals surface area contributed by atoms with Crippen molar-refractivity contribution in [1.29, 1.82) is 5.26 Å². The largest absolute Gasteiger partial charge is 0.483 e. The smallest absolute Gasteiger partial charge is 0.290 e. The second-order valence-corrected chi connectivity index (χ2v) is 11.9. The van der Waals surface area contributed by atoms with Crippen molar-refractivity contribution in [3.8, 4) is 23.1 Å². The number of aromatic nitrogens is 3. The van der Waals surface area contributed by atoms with Crippen molar-refractivity contribution in [3.05, 3.63) is 71.7 Å². The van der Waals surface area contributed by atoms with E-state index < -0.39 is 23.3 Å². The van der Waals surface area contributed by atoms with E-state index >= 15 is 4.39 Å². The molecule has 2 aliphatic rings. The Kier molecular flexibility index (Phi) is 10.9. The number of carboxylic acid groups (broad SMARTS) is 1. The van der Waals surface area contributed by atoms with Gasteiger partial charge < -0.3 is 35.4 Å². The summed E-state index contributed by atoms with van der Waals surface area (Å²) in [6.07, 6.45) is 4.29. The summed E-state index contributed by atoms with van der Waals surface area (Å²) < 4.78 is 36.6. The molecule has 0 aliphatic carbocycles. The standard InChI is InChI=1S/C33H34F2N8O4.CH2O2/c1-20-17-22(3-4-23(20)31(44)41-13-15-42(16-14-41)32(45)33(46)7-9-37-10-8-33)40-29-30-39-19-25(43(30)12-11-38-29)24-5-6-26(28(35)27(24)34)47-21(2)18-36;2-1-3/h3-6,11-12,17,19,21,37,46H,7-10,13-16H2,1-2H3,(H,38,40);1H,(H,2,3)/t21-;/m1./s1. The third kappa shape index (κ3) is 7.33. The van der Waals surface area contributed by atoms with Crippen LogP contribution >= 0.6 is 0 Å². The Hall–Kier alpha value is -5.66. The number of carbonyl (C=O) groups excluding carboxylic acids is 2. The number of rotatable bonds is 7. The van der Waals surface area contributed by atoms with Crippen LogP contribution in [0, 0.1) is 29.9 Å². The van der Waals surface area contributed by atoms with E-state index in [1.54, 1.807) is 32.5 Å². The van der Waals surface area contributed by atoms with Gasteiger partial charge in [0.2, 0.25) is 5.82 Å². The molecule has 2 fully saturated rings. The molecule has 1 atom stereocenters. The number of aliphatic hydroxyl groups is 1. The van der Waals surface area contributed by atoms with E-state index in [0.717, 1.165) is 5.56 Å². The number of hydrogen-bond donors (Lipinski definition) is 4. The normalized spacial score (nSPS) is 16.1. The van der Waals surface area contributed by atoms with Gasteiger partial charge in [-0.1, -0.05) is 0 Å². The van der Waals surface area contributed by atoms with E-state index in [-0.39, 0.29) is 35.3 Å². The molecule has 0 spiro atoms. The van der Waals surface area contributed by atoms with E-state index in [1.165, 1.54) is 31.5 Å².